The fourth-order valence-corrected chi connectivity index (χ4v) is 6.07. The number of carbonyl (C=O) groups is 1. The minimum atomic E-state index is -3.64. The van der Waals surface area contributed by atoms with Crippen LogP contribution in [0.4, 0.5) is 5.69 Å². The third kappa shape index (κ3) is 3.38. The summed E-state index contributed by atoms with van der Waals surface area (Å²) in [6.45, 7) is 2.03. The minimum Gasteiger partial charge on any atom is -0.309 e. The molecule has 1 N–H and O–H groups in total. The Labute approximate surface area is 172 Å². The Morgan fingerprint density at radius 3 is 2.66 bits per heavy atom. The highest BCUT2D eigenvalue weighted by atomic mass is 32.2. The highest BCUT2D eigenvalue weighted by Gasteiger charge is 2.40. The normalized spacial score (nSPS) is 23.6. The molecule has 1 aliphatic heterocycles. The standard InChI is InChI=1S/C23H26N2O3S/c1-15-13-18-14-19(11-12-22(18)25(15)23(26)17-9-10-17)29(27,28)24-21-8-4-6-16-5-2-3-7-20(16)21/h2-3,5,7,11-12,14-15,17,21,24H,4,6,8-10,13H2,1H3/t15-,21-/m0/s1. The van der Waals surface area contributed by atoms with Crippen LogP contribution in [0.1, 0.15) is 55.3 Å². The quantitative estimate of drug-likeness (QED) is 0.835. The zero-order valence-electron chi connectivity index (χ0n) is 16.6. The third-order valence-electron chi connectivity index (χ3n) is 6.41. The van der Waals surface area contributed by atoms with Crippen LogP contribution in [0, 0.1) is 5.92 Å². The summed E-state index contributed by atoms with van der Waals surface area (Å²) in [6, 6.07) is 13.2. The van der Waals surface area contributed by atoms with Crippen LogP contribution < -0.4 is 9.62 Å². The van der Waals surface area contributed by atoms with Gasteiger partial charge in [0.05, 0.1) is 4.90 Å². The van der Waals surface area contributed by atoms with Gasteiger partial charge in [-0.3, -0.25) is 4.79 Å². The Morgan fingerprint density at radius 1 is 1.07 bits per heavy atom. The summed E-state index contributed by atoms with van der Waals surface area (Å²) in [7, 11) is -3.64. The van der Waals surface area contributed by atoms with E-state index < -0.39 is 10.0 Å². The molecule has 1 saturated carbocycles. The summed E-state index contributed by atoms with van der Waals surface area (Å²) in [5.74, 6) is 0.337. The second-order valence-corrected chi connectivity index (χ2v) is 10.3. The van der Waals surface area contributed by atoms with Gasteiger partial charge in [0.1, 0.15) is 0 Å². The number of sulfonamides is 1. The lowest BCUT2D eigenvalue weighted by atomic mass is 9.88. The first kappa shape index (κ1) is 18.8. The van der Waals surface area contributed by atoms with Crippen molar-refractivity contribution in [2.75, 3.05) is 4.90 Å². The number of nitrogens with zero attached hydrogens (tertiary/aromatic N) is 1. The number of aryl methyl sites for hydroxylation is 1. The molecule has 152 valence electrons. The number of hydrogen-bond acceptors (Lipinski definition) is 3. The Kier molecular flexibility index (Phi) is 4.51. The molecule has 0 spiro atoms. The summed E-state index contributed by atoms with van der Waals surface area (Å²) >= 11 is 0. The summed E-state index contributed by atoms with van der Waals surface area (Å²) in [4.78, 5) is 14.8. The smallest absolute Gasteiger partial charge is 0.241 e. The summed E-state index contributed by atoms with van der Waals surface area (Å²) in [6.07, 6.45) is 5.42. The van der Waals surface area contributed by atoms with Gasteiger partial charge in [0.2, 0.25) is 15.9 Å². The van der Waals surface area contributed by atoms with E-state index in [4.69, 9.17) is 0 Å². The second kappa shape index (κ2) is 6.96. The van der Waals surface area contributed by atoms with E-state index in [-0.39, 0.29) is 28.8 Å². The number of rotatable bonds is 4. The average Bonchev–Trinajstić information content (AvgIpc) is 3.49. The van der Waals surface area contributed by atoms with E-state index >= 15 is 0 Å². The monoisotopic (exact) mass is 410 g/mol. The van der Waals surface area contributed by atoms with Crippen LogP contribution in [-0.2, 0) is 27.7 Å². The maximum Gasteiger partial charge on any atom is 0.241 e. The van der Waals surface area contributed by atoms with Crippen molar-refractivity contribution in [2.45, 2.75) is 62.4 Å². The predicted molar refractivity (Wildman–Crippen MR) is 112 cm³/mol. The molecule has 3 aliphatic rings. The van der Waals surface area contributed by atoms with Gasteiger partial charge in [0, 0.05) is 23.7 Å². The van der Waals surface area contributed by atoms with Crippen molar-refractivity contribution in [3.05, 3.63) is 59.2 Å². The maximum atomic E-state index is 13.1. The van der Waals surface area contributed by atoms with Crippen LogP contribution in [0.3, 0.4) is 0 Å². The van der Waals surface area contributed by atoms with Gasteiger partial charge in [0.25, 0.3) is 0 Å². The molecular formula is C23H26N2O3S. The van der Waals surface area contributed by atoms with Crippen molar-refractivity contribution in [1.82, 2.24) is 4.72 Å². The third-order valence-corrected chi connectivity index (χ3v) is 7.88. The van der Waals surface area contributed by atoms with Gasteiger partial charge in [-0.2, -0.15) is 0 Å². The van der Waals surface area contributed by atoms with Gasteiger partial charge < -0.3 is 4.90 Å². The first-order valence-corrected chi connectivity index (χ1v) is 12.0. The fourth-order valence-electron chi connectivity index (χ4n) is 4.77. The van der Waals surface area contributed by atoms with Gasteiger partial charge in [-0.05, 0) is 80.3 Å². The van der Waals surface area contributed by atoms with Gasteiger partial charge in [-0.25, -0.2) is 13.1 Å². The summed E-state index contributed by atoms with van der Waals surface area (Å²) in [5, 5.41) is 0. The van der Waals surface area contributed by atoms with Crippen molar-refractivity contribution in [2.24, 2.45) is 5.92 Å². The predicted octanol–water partition coefficient (Wildman–Crippen LogP) is 3.73. The maximum absolute atomic E-state index is 13.1. The Bertz CT molecular complexity index is 1080. The van der Waals surface area contributed by atoms with Crippen LogP contribution in [0.5, 0.6) is 0 Å². The molecule has 2 aromatic carbocycles. The molecular weight excluding hydrogens is 384 g/mol. The van der Waals surface area contributed by atoms with Crippen molar-refractivity contribution >= 4 is 21.6 Å². The number of amides is 1. The molecule has 29 heavy (non-hydrogen) atoms. The molecule has 2 atom stereocenters. The SMILES string of the molecule is C[C@H]1Cc2cc(S(=O)(=O)N[C@H]3CCCc4ccccc43)ccc2N1C(=O)C1CC1. The number of carbonyl (C=O) groups excluding carboxylic acids is 1. The first-order chi connectivity index (χ1) is 13.9. The number of hydrogen-bond donors (Lipinski definition) is 1. The van der Waals surface area contributed by atoms with E-state index in [1.165, 1.54) is 5.56 Å². The Balaban J connectivity index is 1.42. The zero-order chi connectivity index (χ0) is 20.2. The average molecular weight is 411 g/mol. The van der Waals surface area contributed by atoms with Gasteiger partial charge >= 0.3 is 0 Å². The molecule has 1 fully saturated rings. The Morgan fingerprint density at radius 2 is 1.86 bits per heavy atom. The van der Waals surface area contributed by atoms with Crippen LogP contribution in [-0.4, -0.2) is 20.4 Å². The van der Waals surface area contributed by atoms with Crippen molar-refractivity contribution in [1.29, 1.82) is 0 Å². The highest BCUT2D eigenvalue weighted by molar-refractivity contribution is 7.89. The highest BCUT2D eigenvalue weighted by Crippen LogP contribution is 2.40. The Hall–Kier alpha value is -2.18. The van der Waals surface area contributed by atoms with Crippen LogP contribution >= 0.6 is 0 Å². The first-order valence-electron chi connectivity index (χ1n) is 10.5. The fraction of sp³-hybridized carbons (Fsp3) is 0.435. The zero-order valence-corrected chi connectivity index (χ0v) is 17.4. The van der Waals surface area contributed by atoms with E-state index in [2.05, 4.69) is 10.8 Å². The molecule has 6 heteroatoms. The lowest BCUT2D eigenvalue weighted by Crippen LogP contribution is -2.36. The number of nitrogens with one attached hydrogen (secondary N) is 1. The molecule has 5 nitrogen and oxygen atoms in total. The second-order valence-electron chi connectivity index (χ2n) is 8.59. The lowest BCUT2D eigenvalue weighted by molar-refractivity contribution is -0.120. The van der Waals surface area contributed by atoms with Crippen molar-refractivity contribution < 1.29 is 13.2 Å². The molecule has 0 aromatic heterocycles. The molecule has 2 aromatic rings. The van der Waals surface area contributed by atoms with Crippen LogP contribution in [0.2, 0.25) is 0 Å². The molecule has 1 amide bonds. The van der Waals surface area contributed by atoms with E-state index in [0.29, 0.717) is 6.42 Å². The molecule has 2 aliphatic carbocycles. The number of benzene rings is 2. The molecule has 0 bridgehead atoms. The molecule has 1 heterocycles. The molecule has 5 rings (SSSR count). The van der Waals surface area contributed by atoms with Crippen molar-refractivity contribution in [3.63, 3.8) is 0 Å². The lowest BCUT2D eigenvalue weighted by Gasteiger charge is -2.26. The topological polar surface area (TPSA) is 66.5 Å². The minimum absolute atomic E-state index is 0.0780. The van der Waals surface area contributed by atoms with Crippen molar-refractivity contribution in [3.8, 4) is 0 Å². The summed E-state index contributed by atoms with van der Waals surface area (Å²) < 4.78 is 29.2. The van der Waals surface area contributed by atoms with E-state index in [9.17, 15) is 13.2 Å². The molecule has 0 saturated heterocycles. The van der Waals surface area contributed by atoms with E-state index in [1.807, 2.05) is 36.1 Å². The summed E-state index contributed by atoms with van der Waals surface area (Å²) in [5.41, 5.74) is 4.12. The number of fused-ring (bicyclic) bond motifs is 2. The van der Waals surface area contributed by atoms with E-state index in [1.54, 1.807) is 12.1 Å². The number of anilines is 1. The van der Waals surface area contributed by atoms with E-state index in [0.717, 1.165) is 48.9 Å². The van der Waals surface area contributed by atoms with Gasteiger partial charge in [-0.1, -0.05) is 24.3 Å². The van der Waals surface area contributed by atoms with Crippen LogP contribution in [0.25, 0.3) is 0 Å². The van der Waals surface area contributed by atoms with Gasteiger partial charge in [-0.15, -0.1) is 0 Å². The largest absolute Gasteiger partial charge is 0.309 e. The van der Waals surface area contributed by atoms with Gasteiger partial charge in [0.15, 0.2) is 0 Å². The van der Waals surface area contributed by atoms with Crippen LogP contribution in [0.15, 0.2) is 47.4 Å². The molecule has 0 radical (unpaired) electrons. The molecule has 0 unspecified atom stereocenters.